The zero-order valence-corrected chi connectivity index (χ0v) is 18.1. The Bertz CT molecular complexity index is 1060. The van der Waals surface area contributed by atoms with Crippen LogP contribution in [0.2, 0.25) is 0 Å². The van der Waals surface area contributed by atoms with Crippen LogP contribution in [0.3, 0.4) is 0 Å². The maximum atomic E-state index is 5.29. The Morgan fingerprint density at radius 1 is 0.897 bits per heavy atom. The van der Waals surface area contributed by atoms with Crippen LogP contribution in [0.15, 0.2) is 113 Å². The molecule has 1 aliphatic heterocycles. The zero-order chi connectivity index (χ0) is 20.2. The molecule has 1 nitrogen and oxygen atoms in total. The lowest BCUT2D eigenvalue weighted by Crippen LogP contribution is -2.07. The van der Waals surface area contributed by atoms with E-state index in [-0.39, 0.29) is 6.04 Å². The predicted octanol–water partition coefficient (Wildman–Crippen LogP) is 7.66. The highest BCUT2D eigenvalue weighted by atomic mass is 79.9. The summed E-state index contributed by atoms with van der Waals surface area (Å²) in [7, 11) is 0. The van der Waals surface area contributed by atoms with Gasteiger partial charge in [-0.05, 0) is 41.2 Å². The monoisotopic (exact) mass is 441 g/mol. The van der Waals surface area contributed by atoms with Crippen molar-refractivity contribution in [2.75, 3.05) is 0 Å². The molecule has 3 aromatic rings. The van der Waals surface area contributed by atoms with Gasteiger partial charge in [0.2, 0.25) is 0 Å². The fourth-order valence-electron chi connectivity index (χ4n) is 4.14. The minimum atomic E-state index is 0.112. The fourth-order valence-corrected chi connectivity index (χ4v) is 4.54. The van der Waals surface area contributed by atoms with E-state index in [0.717, 1.165) is 27.7 Å². The second kappa shape index (κ2) is 8.75. The van der Waals surface area contributed by atoms with Gasteiger partial charge in [0, 0.05) is 15.6 Å². The first kappa shape index (κ1) is 19.6. The van der Waals surface area contributed by atoms with Gasteiger partial charge in [0.1, 0.15) is 0 Å². The Morgan fingerprint density at radius 3 is 2.21 bits per heavy atom. The standard InChI is InChI=1S/C27H24BrN/c1-3-24-26(22-15-10-16-23(28)18-22)19(2)17-25(20-11-6-4-7-12-20)29-27(24)21-13-8-5-9-14-21/h3-16,18-19,25H,1,17H2,2H3. The molecule has 0 spiro atoms. The summed E-state index contributed by atoms with van der Waals surface area (Å²) in [5.74, 6) is 0.340. The minimum absolute atomic E-state index is 0.112. The van der Waals surface area contributed by atoms with E-state index in [1.54, 1.807) is 0 Å². The molecule has 0 radical (unpaired) electrons. The highest BCUT2D eigenvalue weighted by molar-refractivity contribution is 9.10. The smallest absolute Gasteiger partial charge is 0.0762 e. The van der Waals surface area contributed by atoms with Gasteiger partial charge in [0.05, 0.1) is 11.8 Å². The second-order valence-corrected chi connectivity index (χ2v) is 8.36. The summed E-state index contributed by atoms with van der Waals surface area (Å²) in [4.78, 5) is 5.29. The number of aliphatic imine (C=N–C) groups is 1. The number of nitrogens with zero attached hydrogens (tertiary/aromatic N) is 1. The van der Waals surface area contributed by atoms with Crippen LogP contribution in [0.5, 0.6) is 0 Å². The van der Waals surface area contributed by atoms with E-state index in [1.165, 1.54) is 16.7 Å². The molecule has 0 fully saturated rings. The highest BCUT2D eigenvalue weighted by Gasteiger charge is 2.27. The Hall–Kier alpha value is -2.71. The van der Waals surface area contributed by atoms with Crippen molar-refractivity contribution in [3.8, 4) is 0 Å². The van der Waals surface area contributed by atoms with Crippen molar-refractivity contribution in [3.05, 3.63) is 124 Å². The van der Waals surface area contributed by atoms with Gasteiger partial charge < -0.3 is 0 Å². The quantitative estimate of drug-likeness (QED) is 0.393. The molecular formula is C27H24BrN. The van der Waals surface area contributed by atoms with Crippen LogP contribution < -0.4 is 0 Å². The predicted molar refractivity (Wildman–Crippen MR) is 127 cm³/mol. The Morgan fingerprint density at radius 2 is 1.55 bits per heavy atom. The van der Waals surface area contributed by atoms with Gasteiger partial charge in [-0.2, -0.15) is 0 Å². The molecule has 0 bridgehead atoms. The van der Waals surface area contributed by atoms with E-state index in [9.17, 15) is 0 Å². The number of hydrogen-bond acceptors (Lipinski definition) is 1. The van der Waals surface area contributed by atoms with Gasteiger partial charge >= 0.3 is 0 Å². The summed E-state index contributed by atoms with van der Waals surface area (Å²) in [6, 6.07) is 29.7. The number of benzene rings is 3. The number of hydrogen-bond donors (Lipinski definition) is 0. The first-order valence-corrected chi connectivity index (χ1v) is 10.8. The van der Waals surface area contributed by atoms with Crippen molar-refractivity contribution in [1.82, 2.24) is 0 Å². The molecule has 1 heterocycles. The first-order chi connectivity index (χ1) is 14.2. The van der Waals surface area contributed by atoms with Crippen LogP contribution in [-0.4, -0.2) is 5.71 Å². The molecule has 2 atom stereocenters. The highest BCUT2D eigenvalue weighted by Crippen LogP contribution is 2.40. The molecule has 0 aromatic heterocycles. The van der Waals surface area contributed by atoms with E-state index < -0.39 is 0 Å². The van der Waals surface area contributed by atoms with Crippen LogP contribution >= 0.6 is 15.9 Å². The van der Waals surface area contributed by atoms with Gasteiger partial charge in [-0.3, -0.25) is 4.99 Å². The third-order valence-electron chi connectivity index (χ3n) is 5.47. The Labute approximate surface area is 181 Å². The van der Waals surface area contributed by atoms with Gasteiger partial charge in [-0.25, -0.2) is 0 Å². The van der Waals surface area contributed by atoms with Crippen molar-refractivity contribution in [2.45, 2.75) is 19.4 Å². The maximum Gasteiger partial charge on any atom is 0.0762 e. The molecule has 3 aromatic carbocycles. The summed E-state index contributed by atoms with van der Waals surface area (Å²) < 4.78 is 1.08. The van der Waals surface area contributed by atoms with Gasteiger partial charge in [-0.15, -0.1) is 0 Å². The number of halogens is 1. The fraction of sp³-hybridized carbons (Fsp3) is 0.148. The second-order valence-electron chi connectivity index (χ2n) is 7.45. The molecule has 0 saturated heterocycles. The average Bonchev–Trinajstić information content (AvgIpc) is 2.91. The Kier molecular flexibility index (Phi) is 5.92. The molecule has 0 aliphatic carbocycles. The molecule has 0 N–H and O–H groups in total. The van der Waals surface area contributed by atoms with Crippen molar-refractivity contribution in [1.29, 1.82) is 0 Å². The lowest BCUT2D eigenvalue weighted by atomic mass is 9.84. The van der Waals surface area contributed by atoms with Gasteiger partial charge in [0.15, 0.2) is 0 Å². The molecule has 144 valence electrons. The topological polar surface area (TPSA) is 12.4 Å². The molecule has 2 heteroatoms. The van der Waals surface area contributed by atoms with Gasteiger partial charge in [0.25, 0.3) is 0 Å². The lowest BCUT2D eigenvalue weighted by molar-refractivity contribution is 0.568. The van der Waals surface area contributed by atoms with E-state index in [2.05, 4.69) is 108 Å². The van der Waals surface area contributed by atoms with E-state index in [0.29, 0.717) is 5.92 Å². The molecular weight excluding hydrogens is 418 g/mol. The summed E-state index contributed by atoms with van der Waals surface area (Å²) >= 11 is 3.64. The Balaban J connectivity index is 1.94. The molecule has 4 rings (SSSR count). The third-order valence-corrected chi connectivity index (χ3v) is 5.96. The maximum absolute atomic E-state index is 5.29. The SMILES string of the molecule is C=CC1=C(c2cccc(Br)c2)C(C)CC(c2ccccc2)N=C1c1ccccc1. The average molecular weight is 442 g/mol. The number of rotatable bonds is 4. The zero-order valence-electron chi connectivity index (χ0n) is 16.6. The molecule has 0 saturated carbocycles. The normalized spacial score (nSPS) is 19.4. The van der Waals surface area contributed by atoms with Crippen LogP contribution in [0.4, 0.5) is 0 Å². The minimum Gasteiger partial charge on any atom is -0.276 e. The summed E-state index contributed by atoms with van der Waals surface area (Å²) in [6.45, 7) is 6.49. The van der Waals surface area contributed by atoms with Crippen molar-refractivity contribution in [2.24, 2.45) is 10.9 Å². The van der Waals surface area contributed by atoms with Crippen LogP contribution in [0.1, 0.15) is 36.1 Å². The van der Waals surface area contributed by atoms with E-state index in [4.69, 9.17) is 4.99 Å². The van der Waals surface area contributed by atoms with Crippen molar-refractivity contribution >= 4 is 27.2 Å². The molecule has 29 heavy (non-hydrogen) atoms. The first-order valence-electron chi connectivity index (χ1n) is 9.98. The van der Waals surface area contributed by atoms with Crippen molar-refractivity contribution in [3.63, 3.8) is 0 Å². The van der Waals surface area contributed by atoms with Crippen LogP contribution in [0, 0.1) is 5.92 Å². The van der Waals surface area contributed by atoms with E-state index >= 15 is 0 Å². The molecule has 0 amide bonds. The molecule has 2 unspecified atom stereocenters. The largest absolute Gasteiger partial charge is 0.276 e. The van der Waals surface area contributed by atoms with E-state index in [1.807, 2.05) is 12.1 Å². The summed E-state index contributed by atoms with van der Waals surface area (Å²) in [5.41, 5.74) is 7.06. The summed E-state index contributed by atoms with van der Waals surface area (Å²) in [5, 5.41) is 0. The lowest BCUT2D eigenvalue weighted by Gasteiger charge is -2.20. The number of allylic oxidation sites excluding steroid dienone is 3. The van der Waals surface area contributed by atoms with Crippen molar-refractivity contribution < 1.29 is 0 Å². The van der Waals surface area contributed by atoms with Crippen LogP contribution in [-0.2, 0) is 0 Å². The summed E-state index contributed by atoms with van der Waals surface area (Å²) in [6.07, 6.45) is 2.94. The third kappa shape index (κ3) is 4.18. The van der Waals surface area contributed by atoms with Gasteiger partial charge in [-0.1, -0.05) is 108 Å². The molecule has 1 aliphatic rings. The van der Waals surface area contributed by atoms with Crippen LogP contribution in [0.25, 0.3) is 5.57 Å².